The van der Waals surface area contributed by atoms with Crippen molar-refractivity contribution in [3.05, 3.63) is 35.4 Å². The highest BCUT2D eigenvalue weighted by molar-refractivity contribution is 5.93. The van der Waals surface area contributed by atoms with Crippen molar-refractivity contribution in [1.82, 2.24) is 10.6 Å². The molecular weight excluding hydrogens is 212 g/mol. The number of benzene rings is 1. The van der Waals surface area contributed by atoms with Gasteiger partial charge in [-0.3, -0.25) is 4.79 Å². The zero-order valence-electron chi connectivity index (χ0n) is 10.3. The van der Waals surface area contributed by atoms with E-state index >= 15 is 0 Å². The van der Waals surface area contributed by atoms with Crippen LogP contribution in [0.5, 0.6) is 0 Å². The number of piperidine rings is 1. The standard InChI is InChI=1S/C14H20N2O/c1-15-14(17)13-4-2-11(3-5-13)10-12-6-8-16-9-7-12/h2-5,12,16H,6-10H2,1H3,(H,15,17). The van der Waals surface area contributed by atoms with E-state index in [0.29, 0.717) is 0 Å². The van der Waals surface area contributed by atoms with E-state index in [4.69, 9.17) is 0 Å². The molecule has 1 heterocycles. The molecule has 0 spiro atoms. The molecule has 0 unspecified atom stereocenters. The highest BCUT2D eigenvalue weighted by Crippen LogP contribution is 2.18. The van der Waals surface area contributed by atoms with Crippen molar-refractivity contribution in [1.29, 1.82) is 0 Å². The van der Waals surface area contributed by atoms with Crippen LogP contribution in [0.25, 0.3) is 0 Å². The normalized spacial score (nSPS) is 16.8. The van der Waals surface area contributed by atoms with Gasteiger partial charge in [0.05, 0.1) is 0 Å². The minimum absolute atomic E-state index is 0.0154. The maximum absolute atomic E-state index is 11.4. The summed E-state index contributed by atoms with van der Waals surface area (Å²) in [4.78, 5) is 11.4. The van der Waals surface area contributed by atoms with Crippen LogP contribution >= 0.6 is 0 Å². The lowest BCUT2D eigenvalue weighted by atomic mass is 9.91. The molecular formula is C14H20N2O. The molecule has 3 heteroatoms. The molecule has 1 aromatic carbocycles. The van der Waals surface area contributed by atoms with Gasteiger partial charge in [0.2, 0.25) is 0 Å². The third kappa shape index (κ3) is 3.30. The van der Waals surface area contributed by atoms with Crippen LogP contribution in [0.2, 0.25) is 0 Å². The Morgan fingerprint density at radius 3 is 2.53 bits per heavy atom. The molecule has 0 saturated carbocycles. The number of hydrogen-bond acceptors (Lipinski definition) is 2. The van der Waals surface area contributed by atoms with Crippen LogP contribution in [0.15, 0.2) is 24.3 Å². The Balaban J connectivity index is 1.95. The monoisotopic (exact) mass is 232 g/mol. The minimum atomic E-state index is -0.0154. The second-order valence-corrected chi connectivity index (χ2v) is 4.67. The van der Waals surface area contributed by atoms with Crippen LogP contribution in [-0.2, 0) is 6.42 Å². The summed E-state index contributed by atoms with van der Waals surface area (Å²) < 4.78 is 0. The SMILES string of the molecule is CNC(=O)c1ccc(CC2CCNCC2)cc1. The van der Waals surface area contributed by atoms with E-state index in [1.165, 1.54) is 18.4 Å². The van der Waals surface area contributed by atoms with Crippen molar-refractivity contribution >= 4 is 5.91 Å². The molecule has 17 heavy (non-hydrogen) atoms. The second-order valence-electron chi connectivity index (χ2n) is 4.67. The third-order valence-electron chi connectivity index (χ3n) is 3.43. The van der Waals surface area contributed by atoms with Gasteiger partial charge in [0.15, 0.2) is 0 Å². The molecule has 1 fully saturated rings. The lowest BCUT2D eigenvalue weighted by Gasteiger charge is -2.22. The first-order valence-corrected chi connectivity index (χ1v) is 6.31. The highest BCUT2D eigenvalue weighted by atomic mass is 16.1. The first-order valence-electron chi connectivity index (χ1n) is 6.31. The highest BCUT2D eigenvalue weighted by Gasteiger charge is 2.13. The summed E-state index contributed by atoms with van der Waals surface area (Å²) in [5.41, 5.74) is 2.08. The molecule has 1 amide bonds. The molecule has 0 radical (unpaired) electrons. The van der Waals surface area contributed by atoms with Crippen molar-refractivity contribution in [3.63, 3.8) is 0 Å². The zero-order valence-corrected chi connectivity index (χ0v) is 10.3. The summed E-state index contributed by atoms with van der Waals surface area (Å²) in [5, 5.41) is 6.01. The number of carbonyl (C=O) groups excluding carboxylic acids is 1. The average Bonchev–Trinajstić information content (AvgIpc) is 2.40. The van der Waals surface area contributed by atoms with Crippen LogP contribution in [-0.4, -0.2) is 26.0 Å². The quantitative estimate of drug-likeness (QED) is 0.831. The Labute approximate surface area is 103 Å². The first-order chi connectivity index (χ1) is 8.29. The topological polar surface area (TPSA) is 41.1 Å². The summed E-state index contributed by atoms with van der Waals surface area (Å²) >= 11 is 0. The number of amides is 1. The minimum Gasteiger partial charge on any atom is -0.355 e. The van der Waals surface area contributed by atoms with Crippen molar-refractivity contribution in [2.45, 2.75) is 19.3 Å². The van der Waals surface area contributed by atoms with E-state index in [9.17, 15) is 4.79 Å². The van der Waals surface area contributed by atoms with Gasteiger partial charge in [-0.1, -0.05) is 12.1 Å². The van der Waals surface area contributed by atoms with Gasteiger partial charge < -0.3 is 10.6 Å². The van der Waals surface area contributed by atoms with Gasteiger partial charge in [0, 0.05) is 12.6 Å². The first kappa shape index (κ1) is 12.1. The van der Waals surface area contributed by atoms with Crippen LogP contribution in [0.1, 0.15) is 28.8 Å². The number of rotatable bonds is 3. The Hall–Kier alpha value is -1.35. The molecule has 3 nitrogen and oxygen atoms in total. The number of carbonyl (C=O) groups is 1. The average molecular weight is 232 g/mol. The Kier molecular flexibility index (Phi) is 4.15. The molecule has 0 aromatic heterocycles. The summed E-state index contributed by atoms with van der Waals surface area (Å²) in [6.45, 7) is 2.28. The van der Waals surface area contributed by atoms with E-state index in [0.717, 1.165) is 31.0 Å². The van der Waals surface area contributed by atoms with Gasteiger partial charge in [-0.25, -0.2) is 0 Å². The van der Waals surface area contributed by atoms with Gasteiger partial charge in [-0.2, -0.15) is 0 Å². The van der Waals surface area contributed by atoms with Crippen molar-refractivity contribution in [2.24, 2.45) is 5.92 Å². The zero-order chi connectivity index (χ0) is 12.1. The fraction of sp³-hybridized carbons (Fsp3) is 0.500. The maximum atomic E-state index is 11.4. The lowest BCUT2D eigenvalue weighted by Crippen LogP contribution is -2.28. The summed E-state index contributed by atoms with van der Waals surface area (Å²) in [7, 11) is 1.66. The van der Waals surface area contributed by atoms with Gasteiger partial charge in [-0.15, -0.1) is 0 Å². The van der Waals surface area contributed by atoms with Crippen molar-refractivity contribution in [3.8, 4) is 0 Å². The Morgan fingerprint density at radius 2 is 1.94 bits per heavy atom. The maximum Gasteiger partial charge on any atom is 0.251 e. The van der Waals surface area contributed by atoms with E-state index in [-0.39, 0.29) is 5.91 Å². The molecule has 0 atom stereocenters. The molecule has 1 aliphatic heterocycles. The van der Waals surface area contributed by atoms with Crippen LogP contribution in [0.4, 0.5) is 0 Å². The van der Waals surface area contributed by atoms with E-state index in [2.05, 4.69) is 22.8 Å². The fourth-order valence-corrected chi connectivity index (χ4v) is 2.36. The Bertz CT molecular complexity index is 366. The fourth-order valence-electron chi connectivity index (χ4n) is 2.36. The van der Waals surface area contributed by atoms with E-state index in [1.54, 1.807) is 7.05 Å². The molecule has 1 saturated heterocycles. The number of hydrogen-bond donors (Lipinski definition) is 2. The molecule has 2 rings (SSSR count). The molecule has 0 bridgehead atoms. The molecule has 1 aliphatic rings. The van der Waals surface area contributed by atoms with Gasteiger partial charge in [-0.05, 0) is 56.0 Å². The molecule has 0 aliphatic carbocycles. The van der Waals surface area contributed by atoms with Crippen LogP contribution in [0.3, 0.4) is 0 Å². The molecule has 92 valence electrons. The largest absolute Gasteiger partial charge is 0.355 e. The third-order valence-corrected chi connectivity index (χ3v) is 3.43. The molecule has 2 N–H and O–H groups in total. The summed E-state index contributed by atoms with van der Waals surface area (Å²) in [5.74, 6) is 0.778. The van der Waals surface area contributed by atoms with Gasteiger partial charge >= 0.3 is 0 Å². The second kappa shape index (κ2) is 5.82. The predicted octanol–water partition coefficient (Wildman–Crippen LogP) is 1.59. The van der Waals surface area contributed by atoms with Crippen molar-refractivity contribution < 1.29 is 4.79 Å². The van der Waals surface area contributed by atoms with E-state index < -0.39 is 0 Å². The van der Waals surface area contributed by atoms with Gasteiger partial charge in [0.1, 0.15) is 0 Å². The number of nitrogens with one attached hydrogen (secondary N) is 2. The van der Waals surface area contributed by atoms with Crippen LogP contribution < -0.4 is 10.6 Å². The van der Waals surface area contributed by atoms with Gasteiger partial charge in [0.25, 0.3) is 5.91 Å². The lowest BCUT2D eigenvalue weighted by molar-refractivity contribution is 0.0963. The molecule has 1 aromatic rings. The predicted molar refractivity (Wildman–Crippen MR) is 69.1 cm³/mol. The smallest absolute Gasteiger partial charge is 0.251 e. The summed E-state index contributed by atoms with van der Waals surface area (Å²) in [6, 6.07) is 7.98. The van der Waals surface area contributed by atoms with Crippen molar-refractivity contribution in [2.75, 3.05) is 20.1 Å². The summed E-state index contributed by atoms with van der Waals surface area (Å²) in [6.07, 6.45) is 3.66. The van der Waals surface area contributed by atoms with E-state index in [1.807, 2.05) is 12.1 Å². The van der Waals surface area contributed by atoms with Crippen LogP contribution in [0, 0.1) is 5.92 Å². The Morgan fingerprint density at radius 1 is 1.29 bits per heavy atom.